The van der Waals surface area contributed by atoms with E-state index < -0.39 is 0 Å². The van der Waals surface area contributed by atoms with Crippen LogP contribution in [0.25, 0.3) is 27.1 Å². The molecule has 0 heterocycles. The maximum atomic E-state index is 3.35. The Balaban J connectivity index is 0.00000102. The Kier molecular flexibility index (Phi) is 5.68. The van der Waals surface area contributed by atoms with Crippen LogP contribution in [0.5, 0.6) is 0 Å². The van der Waals surface area contributed by atoms with E-state index >= 15 is 0 Å². The third-order valence-electron chi connectivity index (χ3n) is 5.57. The van der Waals surface area contributed by atoms with E-state index in [1.807, 2.05) is 13.8 Å². The smallest absolute Gasteiger partial charge is 0.00569 e. The van der Waals surface area contributed by atoms with Gasteiger partial charge in [0, 0.05) is 0 Å². The molecule has 0 aliphatic heterocycles. The molecule has 3 aromatic rings. The molecule has 0 nitrogen and oxygen atoms in total. The van der Waals surface area contributed by atoms with E-state index in [0.717, 1.165) is 6.42 Å². The average Bonchev–Trinajstić information content (AvgIpc) is 3.17. The Hall–Kier alpha value is -2.56. The second-order valence-electron chi connectivity index (χ2n) is 7.28. The lowest BCUT2D eigenvalue weighted by Gasteiger charge is -2.17. The van der Waals surface area contributed by atoms with Gasteiger partial charge in [0.1, 0.15) is 0 Å². The Bertz CT molecular complexity index is 1090. The molecule has 4 rings (SSSR count). The predicted octanol–water partition coefficient (Wildman–Crippen LogP) is 8.16. The highest BCUT2D eigenvalue weighted by Crippen LogP contribution is 2.38. The molecule has 1 atom stereocenters. The highest BCUT2D eigenvalue weighted by atomic mass is 14.2. The van der Waals surface area contributed by atoms with Crippen molar-refractivity contribution in [2.45, 2.75) is 48.0 Å². The van der Waals surface area contributed by atoms with Crippen LogP contribution in [0.4, 0.5) is 0 Å². The van der Waals surface area contributed by atoms with Crippen LogP contribution in [-0.2, 0) is 0 Å². The predicted molar refractivity (Wildman–Crippen MR) is 121 cm³/mol. The van der Waals surface area contributed by atoms with Crippen LogP contribution in [0, 0.1) is 19.8 Å². The van der Waals surface area contributed by atoms with Gasteiger partial charge in [-0.25, -0.2) is 0 Å². The molecule has 0 radical (unpaired) electrons. The van der Waals surface area contributed by atoms with Crippen molar-refractivity contribution in [1.29, 1.82) is 0 Å². The summed E-state index contributed by atoms with van der Waals surface area (Å²) < 4.78 is 0. The third-order valence-corrected chi connectivity index (χ3v) is 5.57. The van der Waals surface area contributed by atoms with Gasteiger partial charge in [-0.15, -0.1) is 5.73 Å². The minimum atomic E-state index is 0.555. The van der Waals surface area contributed by atoms with Gasteiger partial charge in [-0.1, -0.05) is 75.7 Å². The second kappa shape index (κ2) is 7.99. The van der Waals surface area contributed by atoms with Crippen molar-refractivity contribution >= 4 is 27.1 Å². The van der Waals surface area contributed by atoms with Gasteiger partial charge >= 0.3 is 0 Å². The molecule has 0 aromatic heterocycles. The van der Waals surface area contributed by atoms with Gasteiger partial charge in [-0.3, -0.25) is 0 Å². The van der Waals surface area contributed by atoms with Gasteiger partial charge in [0.05, 0.1) is 0 Å². The molecule has 0 saturated heterocycles. The summed E-state index contributed by atoms with van der Waals surface area (Å²) in [7, 11) is 0. The van der Waals surface area contributed by atoms with E-state index in [1.54, 1.807) is 0 Å². The molecule has 27 heavy (non-hydrogen) atoms. The molecule has 1 unspecified atom stereocenters. The van der Waals surface area contributed by atoms with Gasteiger partial charge in [-0.05, 0) is 82.2 Å². The molecule has 0 bridgehead atoms. The molecule has 0 heteroatoms. The highest BCUT2D eigenvalue weighted by molar-refractivity contribution is 6.12. The summed E-state index contributed by atoms with van der Waals surface area (Å²) in [6, 6.07) is 15.9. The van der Waals surface area contributed by atoms with Crippen molar-refractivity contribution in [2.75, 3.05) is 0 Å². The topological polar surface area (TPSA) is 0 Å². The summed E-state index contributed by atoms with van der Waals surface area (Å²) >= 11 is 0. The lowest BCUT2D eigenvalue weighted by Crippen LogP contribution is -1.99. The van der Waals surface area contributed by atoms with Crippen LogP contribution in [0.2, 0.25) is 0 Å². The SMILES string of the molecule is CC.CCC(C)C1=C(c2c(C)ccc3c2ccc2cc(C)ccc23)C=C=C1. The first kappa shape index (κ1) is 19.2. The molecular weight excluding hydrogens is 324 g/mol. The molecule has 3 aromatic carbocycles. The maximum absolute atomic E-state index is 3.35. The first-order chi connectivity index (χ1) is 13.1. The van der Waals surface area contributed by atoms with E-state index in [4.69, 9.17) is 0 Å². The van der Waals surface area contributed by atoms with Crippen molar-refractivity contribution in [2.24, 2.45) is 5.92 Å². The molecular formula is C27H30. The Labute approximate surface area is 163 Å². The van der Waals surface area contributed by atoms with E-state index in [1.165, 1.54) is 49.4 Å². The molecule has 138 valence electrons. The summed E-state index contributed by atoms with van der Waals surface area (Å²) in [6.07, 6.45) is 5.49. The number of hydrogen-bond donors (Lipinski definition) is 0. The van der Waals surface area contributed by atoms with Crippen LogP contribution < -0.4 is 0 Å². The quantitative estimate of drug-likeness (QED) is 0.329. The fourth-order valence-corrected chi connectivity index (χ4v) is 3.95. The zero-order chi connectivity index (χ0) is 19.6. The van der Waals surface area contributed by atoms with Gasteiger partial charge in [0.25, 0.3) is 0 Å². The largest absolute Gasteiger partial charge is 0.120 e. The number of rotatable bonds is 3. The Morgan fingerprint density at radius 3 is 2.30 bits per heavy atom. The lowest BCUT2D eigenvalue weighted by atomic mass is 9.86. The number of hydrogen-bond acceptors (Lipinski definition) is 0. The first-order valence-electron chi connectivity index (χ1n) is 10.2. The van der Waals surface area contributed by atoms with E-state index in [-0.39, 0.29) is 0 Å². The van der Waals surface area contributed by atoms with Crippen LogP contribution in [0.1, 0.15) is 50.8 Å². The van der Waals surface area contributed by atoms with Crippen LogP contribution in [0.3, 0.4) is 0 Å². The van der Waals surface area contributed by atoms with Crippen molar-refractivity contribution in [3.8, 4) is 0 Å². The van der Waals surface area contributed by atoms with Gasteiger partial charge in [0.15, 0.2) is 0 Å². The number of aryl methyl sites for hydroxylation is 2. The molecule has 0 spiro atoms. The fraction of sp³-hybridized carbons (Fsp3) is 0.296. The summed E-state index contributed by atoms with van der Waals surface area (Å²) in [5.41, 5.74) is 10.1. The minimum absolute atomic E-state index is 0.555. The first-order valence-corrected chi connectivity index (χ1v) is 10.2. The standard InChI is InChI=1S/C25H24.C2H6/c1-5-17(3)20-7-6-8-23(20)25-18(4)10-13-22-21-12-9-16(2)15-19(21)11-14-24(22)25;1-2/h7-15,17H,5H2,1-4H3;1-2H3. The fourth-order valence-electron chi connectivity index (χ4n) is 3.95. The second-order valence-corrected chi connectivity index (χ2v) is 7.28. The van der Waals surface area contributed by atoms with Gasteiger partial charge in [0.2, 0.25) is 0 Å². The summed E-state index contributed by atoms with van der Waals surface area (Å²) in [4.78, 5) is 0. The van der Waals surface area contributed by atoms with E-state index in [2.05, 4.69) is 88.0 Å². The molecule has 0 saturated carbocycles. The molecule has 0 N–H and O–H groups in total. The molecule has 0 amide bonds. The van der Waals surface area contributed by atoms with Crippen molar-refractivity contribution < 1.29 is 0 Å². The third kappa shape index (κ3) is 3.38. The van der Waals surface area contributed by atoms with Crippen molar-refractivity contribution in [3.63, 3.8) is 0 Å². The zero-order valence-corrected chi connectivity index (χ0v) is 17.5. The monoisotopic (exact) mass is 354 g/mol. The lowest BCUT2D eigenvalue weighted by molar-refractivity contribution is 0.674. The van der Waals surface area contributed by atoms with Crippen molar-refractivity contribution in [3.05, 3.63) is 82.6 Å². The Morgan fingerprint density at radius 2 is 1.56 bits per heavy atom. The van der Waals surface area contributed by atoms with Gasteiger partial charge < -0.3 is 0 Å². The Morgan fingerprint density at radius 1 is 0.852 bits per heavy atom. The average molecular weight is 355 g/mol. The van der Waals surface area contributed by atoms with Crippen molar-refractivity contribution in [1.82, 2.24) is 0 Å². The normalized spacial score (nSPS) is 14.0. The summed E-state index contributed by atoms with van der Waals surface area (Å²) in [5, 5.41) is 5.35. The number of fused-ring (bicyclic) bond motifs is 3. The number of allylic oxidation sites excluding steroid dienone is 3. The van der Waals surface area contributed by atoms with E-state index in [0.29, 0.717) is 5.92 Å². The van der Waals surface area contributed by atoms with Crippen LogP contribution >= 0.6 is 0 Å². The highest BCUT2D eigenvalue weighted by Gasteiger charge is 2.18. The summed E-state index contributed by atoms with van der Waals surface area (Å²) in [5.74, 6) is 0.555. The van der Waals surface area contributed by atoms with Crippen LogP contribution in [-0.4, -0.2) is 0 Å². The van der Waals surface area contributed by atoms with Gasteiger partial charge in [-0.2, -0.15) is 0 Å². The number of benzene rings is 3. The van der Waals surface area contributed by atoms with E-state index in [9.17, 15) is 0 Å². The maximum Gasteiger partial charge on any atom is -0.00569 e. The molecule has 1 aliphatic rings. The van der Waals surface area contributed by atoms with Crippen LogP contribution in [0.15, 0.2) is 65.9 Å². The summed E-state index contributed by atoms with van der Waals surface area (Å²) in [6.45, 7) is 12.9. The molecule has 0 fully saturated rings. The minimum Gasteiger partial charge on any atom is -0.120 e. The zero-order valence-electron chi connectivity index (χ0n) is 17.5. The molecule has 1 aliphatic carbocycles.